The number of H-pyrrole nitrogens is 1. The first-order chi connectivity index (χ1) is 8.83. The Bertz CT molecular complexity index is 561. The Labute approximate surface area is 103 Å². The second-order valence-electron chi connectivity index (χ2n) is 4.34. The number of anilines is 1. The standard InChI is InChI=1S/C11H14N6O/c18-8(17-7-1-2-7)3-4-12-10-9-11(14-5-13-9)16-6-15-10/h5-7H,1-4H2,(H,17,18)(H2,12,13,14,15,16). The molecule has 2 heterocycles. The number of aromatic amines is 1. The summed E-state index contributed by atoms with van der Waals surface area (Å²) in [7, 11) is 0. The van der Waals surface area contributed by atoms with Gasteiger partial charge in [0.2, 0.25) is 5.91 Å². The molecule has 1 saturated carbocycles. The summed E-state index contributed by atoms with van der Waals surface area (Å²) in [6.07, 6.45) is 5.69. The molecular weight excluding hydrogens is 232 g/mol. The molecule has 1 aliphatic rings. The Hall–Kier alpha value is -2.18. The van der Waals surface area contributed by atoms with Crippen molar-refractivity contribution in [3.63, 3.8) is 0 Å². The number of aromatic nitrogens is 4. The molecule has 0 spiro atoms. The predicted octanol–water partition coefficient (Wildman–Crippen LogP) is 0.433. The number of hydrogen-bond acceptors (Lipinski definition) is 5. The average molecular weight is 246 g/mol. The van der Waals surface area contributed by atoms with Crippen molar-refractivity contribution in [2.75, 3.05) is 11.9 Å². The molecule has 3 rings (SSSR count). The van der Waals surface area contributed by atoms with Crippen LogP contribution in [0.3, 0.4) is 0 Å². The Morgan fingerprint density at radius 1 is 1.39 bits per heavy atom. The lowest BCUT2D eigenvalue weighted by Gasteiger charge is -2.06. The number of imidazole rings is 1. The molecule has 0 saturated heterocycles. The molecule has 0 unspecified atom stereocenters. The number of amides is 1. The van der Waals surface area contributed by atoms with Crippen LogP contribution >= 0.6 is 0 Å². The van der Waals surface area contributed by atoms with E-state index in [1.807, 2.05) is 0 Å². The van der Waals surface area contributed by atoms with Crippen LogP contribution in [0.1, 0.15) is 19.3 Å². The van der Waals surface area contributed by atoms with E-state index in [-0.39, 0.29) is 5.91 Å². The minimum absolute atomic E-state index is 0.0833. The first-order valence-electron chi connectivity index (χ1n) is 6.00. The lowest BCUT2D eigenvalue weighted by molar-refractivity contribution is -0.120. The average Bonchev–Trinajstić information content (AvgIpc) is 3.04. The Kier molecular flexibility index (Phi) is 2.79. The minimum atomic E-state index is 0.0833. The van der Waals surface area contributed by atoms with Crippen molar-refractivity contribution in [1.82, 2.24) is 25.3 Å². The van der Waals surface area contributed by atoms with Gasteiger partial charge in [0.25, 0.3) is 0 Å². The van der Waals surface area contributed by atoms with Crippen molar-refractivity contribution < 1.29 is 4.79 Å². The second kappa shape index (κ2) is 4.59. The van der Waals surface area contributed by atoms with E-state index in [4.69, 9.17) is 0 Å². The maximum atomic E-state index is 11.5. The highest BCUT2D eigenvalue weighted by molar-refractivity contribution is 5.82. The lowest BCUT2D eigenvalue weighted by atomic mass is 10.3. The molecule has 0 atom stereocenters. The van der Waals surface area contributed by atoms with Crippen molar-refractivity contribution in [1.29, 1.82) is 0 Å². The maximum absolute atomic E-state index is 11.5. The number of nitrogens with one attached hydrogen (secondary N) is 3. The quantitative estimate of drug-likeness (QED) is 0.711. The summed E-state index contributed by atoms with van der Waals surface area (Å²) < 4.78 is 0. The molecule has 94 valence electrons. The largest absolute Gasteiger partial charge is 0.368 e. The minimum Gasteiger partial charge on any atom is -0.368 e. The van der Waals surface area contributed by atoms with Gasteiger partial charge in [-0.05, 0) is 12.8 Å². The third-order valence-electron chi connectivity index (χ3n) is 2.81. The van der Waals surface area contributed by atoms with Crippen LogP contribution in [0.15, 0.2) is 12.7 Å². The third-order valence-corrected chi connectivity index (χ3v) is 2.81. The van der Waals surface area contributed by atoms with Crippen LogP contribution in [0, 0.1) is 0 Å². The monoisotopic (exact) mass is 246 g/mol. The van der Waals surface area contributed by atoms with Gasteiger partial charge in [0.05, 0.1) is 6.33 Å². The zero-order chi connectivity index (χ0) is 12.4. The molecule has 1 fully saturated rings. The lowest BCUT2D eigenvalue weighted by Crippen LogP contribution is -2.27. The zero-order valence-corrected chi connectivity index (χ0v) is 9.81. The number of nitrogens with zero attached hydrogens (tertiary/aromatic N) is 3. The van der Waals surface area contributed by atoms with Crippen LogP contribution in [0.4, 0.5) is 5.82 Å². The van der Waals surface area contributed by atoms with Crippen LogP contribution in [0.5, 0.6) is 0 Å². The Balaban J connectivity index is 1.55. The molecule has 0 radical (unpaired) electrons. The third kappa shape index (κ3) is 2.39. The molecule has 0 aromatic carbocycles. The summed E-state index contributed by atoms with van der Waals surface area (Å²) in [5.74, 6) is 0.761. The van der Waals surface area contributed by atoms with Crippen molar-refractivity contribution in [3.05, 3.63) is 12.7 Å². The Morgan fingerprint density at radius 3 is 3.11 bits per heavy atom. The highest BCUT2D eigenvalue weighted by atomic mass is 16.1. The van der Waals surface area contributed by atoms with Crippen molar-refractivity contribution >= 4 is 22.9 Å². The van der Waals surface area contributed by atoms with Crippen LogP contribution in [-0.2, 0) is 4.79 Å². The maximum Gasteiger partial charge on any atom is 0.221 e. The fraction of sp³-hybridized carbons (Fsp3) is 0.455. The van der Waals surface area contributed by atoms with Gasteiger partial charge in [0.15, 0.2) is 11.5 Å². The van der Waals surface area contributed by atoms with Gasteiger partial charge in [0, 0.05) is 19.0 Å². The van der Waals surface area contributed by atoms with Gasteiger partial charge in [-0.3, -0.25) is 4.79 Å². The van der Waals surface area contributed by atoms with Gasteiger partial charge in [-0.1, -0.05) is 0 Å². The number of hydrogen-bond donors (Lipinski definition) is 3. The van der Waals surface area contributed by atoms with Crippen molar-refractivity contribution in [3.8, 4) is 0 Å². The molecule has 2 aromatic heterocycles. The molecule has 1 amide bonds. The zero-order valence-electron chi connectivity index (χ0n) is 9.81. The molecule has 1 aliphatic carbocycles. The summed E-state index contributed by atoms with van der Waals surface area (Å²) >= 11 is 0. The summed E-state index contributed by atoms with van der Waals surface area (Å²) in [5, 5.41) is 6.06. The molecule has 0 bridgehead atoms. The summed E-state index contributed by atoms with van der Waals surface area (Å²) in [4.78, 5) is 26.7. The van der Waals surface area contributed by atoms with E-state index in [0.717, 1.165) is 18.4 Å². The van der Waals surface area contributed by atoms with E-state index >= 15 is 0 Å². The molecule has 7 nitrogen and oxygen atoms in total. The predicted molar refractivity (Wildman–Crippen MR) is 66.0 cm³/mol. The van der Waals surface area contributed by atoms with Crippen LogP contribution in [0.25, 0.3) is 11.2 Å². The molecular formula is C11H14N6O. The SMILES string of the molecule is O=C(CCNc1ncnc2nc[nH]c12)NC1CC1. The van der Waals surface area contributed by atoms with Crippen LogP contribution < -0.4 is 10.6 Å². The molecule has 2 aromatic rings. The van der Waals surface area contributed by atoms with E-state index in [1.165, 1.54) is 6.33 Å². The molecule has 3 N–H and O–H groups in total. The van der Waals surface area contributed by atoms with Gasteiger partial charge in [0.1, 0.15) is 11.8 Å². The fourth-order valence-electron chi connectivity index (χ4n) is 1.72. The van der Waals surface area contributed by atoms with E-state index in [2.05, 4.69) is 30.6 Å². The van der Waals surface area contributed by atoms with Gasteiger partial charge in [-0.15, -0.1) is 0 Å². The number of rotatable bonds is 5. The normalized spacial score (nSPS) is 14.7. The van der Waals surface area contributed by atoms with E-state index in [0.29, 0.717) is 30.5 Å². The molecule has 0 aliphatic heterocycles. The molecule has 18 heavy (non-hydrogen) atoms. The number of fused-ring (bicyclic) bond motifs is 1. The van der Waals surface area contributed by atoms with Gasteiger partial charge in [-0.25, -0.2) is 15.0 Å². The highest BCUT2D eigenvalue weighted by Gasteiger charge is 2.22. The van der Waals surface area contributed by atoms with Crippen molar-refractivity contribution in [2.45, 2.75) is 25.3 Å². The summed E-state index contributed by atoms with van der Waals surface area (Å²) in [6, 6.07) is 0.413. The van der Waals surface area contributed by atoms with Gasteiger partial charge in [-0.2, -0.15) is 0 Å². The fourth-order valence-corrected chi connectivity index (χ4v) is 1.72. The van der Waals surface area contributed by atoms with Gasteiger partial charge < -0.3 is 15.6 Å². The number of carbonyl (C=O) groups excluding carboxylic acids is 1. The summed E-state index contributed by atoms with van der Waals surface area (Å²) in [6.45, 7) is 0.545. The smallest absolute Gasteiger partial charge is 0.221 e. The first-order valence-corrected chi connectivity index (χ1v) is 6.00. The topological polar surface area (TPSA) is 95.6 Å². The van der Waals surface area contributed by atoms with Crippen molar-refractivity contribution in [2.24, 2.45) is 0 Å². The number of carbonyl (C=O) groups is 1. The highest BCUT2D eigenvalue weighted by Crippen LogP contribution is 2.18. The molecule has 7 heteroatoms. The van der Waals surface area contributed by atoms with Gasteiger partial charge >= 0.3 is 0 Å². The van der Waals surface area contributed by atoms with E-state index in [9.17, 15) is 4.79 Å². The van der Waals surface area contributed by atoms with Crippen LogP contribution in [-0.4, -0.2) is 38.4 Å². The summed E-state index contributed by atoms with van der Waals surface area (Å²) in [5.41, 5.74) is 1.38. The second-order valence-corrected chi connectivity index (χ2v) is 4.34. The first kappa shape index (κ1) is 10.9. The van der Waals surface area contributed by atoms with Crippen LogP contribution in [0.2, 0.25) is 0 Å². The Morgan fingerprint density at radius 2 is 2.28 bits per heavy atom. The van der Waals surface area contributed by atoms with E-state index < -0.39 is 0 Å². The van der Waals surface area contributed by atoms with E-state index in [1.54, 1.807) is 6.33 Å².